The molecule has 0 saturated carbocycles. The highest BCUT2D eigenvalue weighted by atomic mass is 127. The van der Waals surface area contributed by atoms with E-state index in [1.54, 1.807) is 7.11 Å². The van der Waals surface area contributed by atoms with Crippen LogP contribution < -0.4 is 5.32 Å². The van der Waals surface area contributed by atoms with Gasteiger partial charge in [0.2, 0.25) is 0 Å². The number of benzene rings is 1. The van der Waals surface area contributed by atoms with Crippen molar-refractivity contribution in [3.05, 3.63) is 34.9 Å². The maximum Gasteiger partial charge on any atom is 0.193 e. The Kier molecular flexibility index (Phi) is 11.9. The van der Waals surface area contributed by atoms with Crippen LogP contribution in [0, 0.1) is 0 Å². The highest BCUT2D eigenvalue weighted by Crippen LogP contribution is 2.35. The number of hydrogen-bond donors (Lipinski definition) is 1. The summed E-state index contributed by atoms with van der Waals surface area (Å²) in [5, 5.41) is 4.45. The molecular formula is C23H37ClIN3O3. The highest BCUT2D eigenvalue weighted by molar-refractivity contribution is 14.0. The van der Waals surface area contributed by atoms with Gasteiger partial charge in [0.1, 0.15) is 0 Å². The molecule has 0 aliphatic carbocycles. The third kappa shape index (κ3) is 7.74. The smallest absolute Gasteiger partial charge is 0.193 e. The molecule has 1 aromatic rings. The first-order valence-corrected chi connectivity index (χ1v) is 11.4. The number of piperidine rings is 1. The van der Waals surface area contributed by atoms with Gasteiger partial charge in [-0.25, -0.2) is 0 Å². The molecule has 2 heterocycles. The van der Waals surface area contributed by atoms with Crippen molar-refractivity contribution in [2.24, 2.45) is 4.99 Å². The lowest BCUT2D eigenvalue weighted by Gasteiger charge is -2.40. The maximum atomic E-state index is 6.30. The third-order valence-corrected chi connectivity index (χ3v) is 6.51. The molecule has 8 heteroatoms. The topological polar surface area (TPSA) is 55.3 Å². The number of likely N-dealkylation sites (tertiary alicyclic amines) is 1. The Morgan fingerprint density at radius 3 is 2.65 bits per heavy atom. The molecule has 1 N–H and O–H groups in total. The van der Waals surface area contributed by atoms with Gasteiger partial charge in [0.25, 0.3) is 0 Å². The van der Waals surface area contributed by atoms with E-state index in [2.05, 4.69) is 27.3 Å². The zero-order chi connectivity index (χ0) is 21.2. The van der Waals surface area contributed by atoms with Crippen LogP contribution in [-0.4, -0.2) is 77.2 Å². The highest BCUT2D eigenvalue weighted by Gasteiger charge is 2.35. The summed E-state index contributed by atoms with van der Waals surface area (Å²) < 4.78 is 16.7. The van der Waals surface area contributed by atoms with E-state index < -0.39 is 0 Å². The summed E-state index contributed by atoms with van der Waals surface area (Å²) in [7, 11) is 3.60. The molecule has 31 heavy (non-hydrogen) atoms. The standard InChI is InChI=1S/C23H36ClN3O3.HI/c1-25-22(27-11-7-21(8-12-27)30-14-4-13-28-2)26-18-23(9-15-29-16-10-23)19-5-3-6-20(24)17-19;/h3,5-6,17,21H,4,7-16,18H2,1-2H3,(H,25,26);1H. The predicted octanol–water partition coefficient (Wildman–Crippen LogP) is 4.10. The number of halogens is 2. The van der Waals surface area contributed by atoms with Gasteiger partial charge in [-0.2, -0.15) is 0 Å². The minimum atomic E-state index is 0. The Morgan fingerprint density at radius 1 is 1.26 bits per heavy atom. The van der Waals surface area contributed by atoms with Crippen molar-refractivity contribution in [1.82, 2.24) is 10.2 Å². The van der Waals surface area contributed by atoms with Gasteiger partial charge in [0.05, 0.1) is 6.10 Å². The molecule has 1 aromatic carbocycles. The molecule has 0 unspecified atom stereocenters. The van der Waals surface area contributed by atoms with Gasteiger partial charge in [-0.15, -0.1) is 24.0 Å². The van der Waals surface area contributed by atoms with Gasteiger partial charge >= 0.3 is 0 Å². The summed E-state index contributed by atoms with van der Waals surface area (Å²) in [6, 6.07) is 8.27. The number of aliphatic imine (C=N–C) groups is 1. The molecule has 0 atom stereocenters. The van der Waals surface area contributed by atoms with Crippen LogP contribution in [0.15, 0.2) is 29.3 Å². The van der Waals surface area contributed by atoms with Crippen molar-refractivity contribution in [1.29, 1.82) is 0 Å². The van der Waals surface area contributed by atoms with Crippen molar-refractivity contribution in [2.75, 3.05) is 60.2 Å². The number of nitrogens with one attached hydrogen (secondary N) is 1. The van der Waals surface area contributed by atoms with E-state index in [0.29, 0.717) is 6.10 Å². The van der Waals surface area contributed by atoms with Crippen LogP contribution in [0.4, 0.5) is 0 Å². The van der Waals surface area contributed by atoms with Gasteiger partial charge < -0.3 is 24.4 Å². The van der Waals surface area contributed by atoms with Gasteiger partial charge in [-0.3, -0.25) is 4.99 Å². The van der Waals surface area contributed by atoms with E-state index in [0.717, 1.165) is 89.1 Å². The number of nitrogens with zero attached hydrogens (tertiary/aromatic N) is 2. The summed E-state index contributed by atoms with van der Waals surface area (Å²) in [4.78, 5) is 6.91. The molecule has 6 nitrogen and oxygen atoms in total. The van der Waals surface area contributed by atoms with E-state index in [-0.39, 0.29) is 29.4 Å². The van der Waals surface area contributed by atoms with Crippen molar-refractivity contribution >= 4 is 41.5 Å². The summed E-state index contributed by atoms with van der Waals surface area (Å²) in [6.07, 6.45) is 5.31. The van der Waals surface area contributed by atoms with Crippen LogP contribution in [0.1, 0.15) is 37.7 Å². The molecule has 0 spiro atoms. The van der Waals surface area contributed by atoms with Gasteiger partial charge in [0, 0.05) is 70.7 Å². The van der Waals surface area contributed by atoms with E-state index in [9.17, 15) is 0 Å². The molecule has 176 valence electrons. The van der Waals surface area contributed by atoms with Crippen molar-refractivity contribution in [3.63, 3.8) is 0 Å². The quantitative estimate of drug-likeness (QED) is 0.223. The third-order valence-electron chi connectivity index (χ3n) is 6.27. The first kappa shape index (κ1) is 26.6. The molecule has 0 radical (unpaired) electrons. The average molecular weight is 566 g/mol. The maximum absolute atomic E-state index is 6.30. The van der Waals surface area contributed by atoms with Crippen LogP contribution in [0.2, 0.25) is 5.02 Å². The number of rotatable bonds is 8. The minimum Gasteiger partial charge on any atom is -0.385 e. The molecule has 0 aromatic heterocycles. The number of hydrogen-bond acceptors (Lipinski definition) is 4. The molecule has 2 aliphatic rings. The second-order valence-corrected chi connectivity index (χ2v) is 8.64. The fourth-order valence-electron chi connectivity index (χ4n) is 4.42. The zero-order valence-electron chi connectivity index (χ0n) is 18.8. The fraction of sp³-hybridized carbons (Fsp3) is 0.696. The first-order chi connectivity index (χ1) is 14.7. The normalized spacial score (nSPS) is 19.7. The summed E-state index contributed by atoms with van der Waals surface area (Å²) >= 11 is 6.30. The van der Waals surface area contributed by atoms with E-state index in [4.69, 9.17) is 25.8 Å². The van der Waals surface area contributed by atoms with E-state index in [1.165, 1.54) is 5.56 Å². The van der Waals surface area contributed by atoms with E-state index in [1.807, 2.05) is 19.2 Å². The lowest BCUT2D eigenvalue weighted by Crippen LogP contribution is -2.51. The van der Waals surface area contributed by atoms with Crippen LogP contribution >= 0.6 is 35.6 Å². The van der Waals surface area contributed by atoms with Gasteiger partial charge in [-0.1, -0.05) is 23.7 Å². The van der Waals surface area contributed by atoms with Crippen LogP contribution in [0.5, 0.6) is 0 Å². The van der Waals surface area contributed by atoms with Crippen LogP contribution in [0.3, 0.4) is 0 Å². The minimum absolute atomic E-state index is 0. The predicted molar refractivity (Wildman–Crippen MR) is 137 cm³/mol. The molecule has 3 rings (SSSR count). The Morgan fingerprint density at radius 2 is 2.00 bits per heavy atom. The summed E-state index contributed by atoms with van der Waals surface area (Å²) in [5.74, 6) is 0.973. The van der Waals surface area contributed by atoms with E-state index >= 15 is 0 Å². The Balaban J connectivity index is 0.00000341. The first-order valence-electron chi connectivity index (χ1n) is 11.1. The molecule has 2 fully saturated rings. The van der Waals surface area contributed by atoms with Gasteiger partial charge in [-0.05, 0) is 49.8 Å². The Hall–Kier alpha value is -0.610. The van der Waals surface area contributed by atoms with Crippen LogP contribution in [0.25, 0.3) is 0 Å². The van der Waals surface area contributed by atoms with Gasteiger partial charge in [0.15, 0.2) is 5.96 Å². The SMILES string of the molecule is CN=C(NCC1(c2cccc(Cl)c2)CCOCC1)N1CCC(OCCCOC)CC1.I. The zero-order valence-corrected chi connectivity index (χ0v) is 21.9. The Bertz CT molecular complexity index is 678. The van der Waals surface area contributed by atoms with Crippen molar-refractivity contribution < 1.29 is 14.2 Å². The molecule has 0 bridgehead atoms. The fourth-order valence-corrected chi connectivity index (χ4v) is 4.61. The molecule has 0 amide bonds. The number of ether oxygens (including phenoxy) is 3. The lowest BCUT2D eigenvalue weighted by molar-refractivity contribution is 0.00968. The molecule has 2 aliphatic heterocycles. The summed E-state index contributed by atoms with van der Waals surface area (Å²) in [6.45, 7) is 5.84. The summed E-state index contributed by atoms with van der Waals surface area (Å²) in [5.41, 5.74) is 1.30. The second-order valence-electron chi connectivity index (χ2n) is 8.21. The Labute approximate surface area is 209 Å². The average Bonchev–Trinajstić information content (AvgIpc) is 2.79. The number of methoxy groups -OCH3 is 1. The number of guanidine groups is 1. The largest absolute Gasteiger partial charge is 0.385 e. The van der Waals surface area contributed by atoms with Crippen molar-refractivity contribution in [2.45, 2.75) is 43.6 Å². The lowest BCUT2D eigenvalue weighted by atomic mass is 9.74. The van der Waals surface area contributed by atoms with Crippen molar-refractivity contribution in [3.8, 4) is 0 Å². The molecular weight excluding hydrogens is 529 g/mol. The van der Waals surface area contributed by atoms with Crippen LogP contribution in [-0.2, 0) is 19.6 Å². The monoisotopic (exact) mass is 565 g/mol. The second kappa shape index (κ2) is 13.8. The molecule has 2 saturated heterocycles.